The summed E-state index contributed by atoms with van der Waals surface area (Å²) in [5.74, 6) is -3.21. The Morgan fingerprint density at radius 1 is 1.14 bits per heavy atom. The Morgan fingerprint density at radius 2 is 1.81 bits per heavy atom. The summed E-state index contributed by atoms with van der Waals surface area (Å²) in [4.78, 5) is 31.9. The molecule has 7 nitrogen and oxygen atoms in total. The predicted octanol–water partition coefficient (Wildman–Crippen LogP) is 4.49. The van der Waals surface area contributed by atoms with Crippen molar-refractivity contribution in [3.05, 3.63) is 52.9 Å². The molecule has 4 atom stereocenters. The number of anilines is 1. The highest BCUT2D eigenvalue weighted by molar-refractivity contribution is 6.32. The standard InChI is InChI=1S/C26H28ClF3N4O3/c1-25(2,37-20-7-4-15(28)9-19(20)27)24(36)32-16-10-17-5-6-18(11-16)34(17)22-8-3-14(13-31-22)23(35)33-21-12-26(21,29)30/h3-4,7-9,13,16-18,21H,5-6,10-12H2,1-2H3,(H,32,36)(H,33,35)/t16?,17-,18+,21?. The lowest BCUT2D eigenvalue weighted by Crippen LogP contribution is -2.55. The SMILES string of the molecule is CC(C)(Oc1ccc(F)cc1Cl)C(=O)NC1C[C@H]2CC[C@@H](C1)N2c1ccc(C(=O)NC2CC2(F)F)cn1. The summed E-state index contributed by atoms with van der Waals surface area (Å²) in [5, 5.41) is 5.52. The van der Waals surface area contributed by atoms with E-state index >= 15 is 0 Å². The molecule has 11 heteroatoms. The maximum atomic E-state index is 13.3. The summed E-state index contributed by atoms with van der Waals surface area (Å²) < 4.78 is 45.3. The smallest absolute Gasteiger partial charge is 0.270 e. The van der Waals surface area contributed by atoms with E-state index in [4.69, 9.17) is 16.3 Å². The van der Waals surface area contributed by atoms with E-state index in [1.807, 2.05) is 0 Å². The highest BCUT2D eigenvalue weighted by Gasteiger charge is 2.58. The molecule has 198 valence electrons. The molecule has 2 unspecified atom stereocenters. The Hall–Kier alpha value is -3.01. The van der Waals surface area contributed by atoms with Crippen LogP contribution in [0.1, 0.15) is 56.3 Å². The van der Waals surface area contributed by atoms with Crippen molar-refractivity contribution < 1.29 is 27.5 Å². The normalized spacial score (nSPS) is 25.9. The zero-order valence-corrected chi connectivity index (χ0v) is 21.2. The molecule has 0 radical (unpaired) electrons. The average Bonchev–Trinajstić information content (AvgIpc) is 3.34. The van der Waals surface area contributed by atoms with Crippen LogP contribution < -0.4 is 20.3 Å². The van der Waals surface area contributed by atoms with E-state index < -0.39 is 29.3 Å². The number of amides is 2. The number of hydrogen-bond donors (Lipinski definition) is 2. The Kier molecular flexibility index (Phi) is 6.50. The molecular weight excluding hydrogens is 509 g/mol. The van der Waals surface area contributed by atoms with Gasteiger partial charge in [-0.3, -0.25) is 9.59 Å². The number of fused-ring (bicyclic) bond motifs is 2. The third-order valence-electron chi connectivity index (χ3n) is 7.28. The van der Waals surface area contributed by atoms with Crippen LogP contribution in [0.5, 0.6) is 5.75 Å². The molecule has 1 aliphatic carbocycles. The fourth-order valence-corrected chi connectivity index (χ4v) is 5.40. The number of halogens is 4. The van der Waals surface area contributed by atoms with Gasteiger partial charge in [-0.1, -0.05) is 11.6 Å². The van der Waals surface area contributed by atoms with Gasteiger partial charge in [0, 0.05) is 30.7 Å². The minimum atomic E-state index is -2.82. The number of nitrogens with one attached hydrogen (secondary N) is 2. The number of hydrogen-bond acceptors (Lipinski definition) is 5. The van der Waals surface area contributed by atoms with Crippen LogP contribution in [0.3, 0.4) is 0 Å². The number of carbonyl (C=O) groups is 2. The Bertz CT molecular complexity index is 1200. The molecule has 37 heavy (non-hydrogen) atoms. The number of aromatic nitrogens is 1. The van der Waals surface area contributed by atoms with Crippen molar-refractivity contribution in [2.24, 2.45) is 0 Å². The van der Waals surface area contributed by atoms with Crippen molar-refractivity contribution in [2.75, 3.05) is 4.90 Å². The van der Waals surface area contributed by atoms with Gasteiger partial charge in [0.15, 0.2) is 5.60 Å². The van der Waals surface area contributed by atoms with Crippen LogP contribution in [-0.2, 0) is 4.79 Å². The highest BCUT2D eigenvalue weighted by Crippen LogP contribution is 2.42. The minimum Gasteiger partial charge on any atom is -0.476 e. The molecule has 1 aromatic carbocycles. The molecule has 0 spiro atoms. The second-order valence-corrected chi connectivity index (χ2v) is 10.9. The fraction of sp³-hybridized carbons (Fsp3) is 0.500. The topological polar surface area (TPSA) is 83.6 Å². The number of alkyl halides is 2. The lowest BCUT2D eigenvalue weighted by atomic mass is 9.96. The van der Waals surface area contributed by atoms with Gasteiger partial charge in [-0.25, -0.2) is 18.2 Å². The molecule has 3 fully saturated rings. The second-order valence-electron chi connectivity index (χ2n) is 10.5. The lowest BCUT2D eigenvalue weighted by molar-refractivity contribution is -0.135. The van der Waals surface area contributed by atoms with E-state index in [-0.39, 0.29) is 46.8 Å². The number of benzene rings is 1. The van der Waals surface area contributed by atoms with Crippen molar-refractivity contribution in [2.45, 2.75) is 81.6 Å². The monoisotopic (exact) mass is 536 g/mol. The quantitative estimate of drug-likeness (QED) is 0.545. The van der Waals surface area contributed by atoms with Gasteiger partial charge in [-0.05, 0) is 69.9 Å². The highest BCUT2D eigenvalue weighted by atomic mass is 35.5. The number of piperidine rings is 1. The van der Waals surface area contributed by atoms with Gasteiger partial charge in [0.2, 0.25) is 0 Å². The number of pyridine rings is 1. The Morgan fingerprint density at radius 3 is 2.38 bits per heavy atom. The van der Waals surface area contributed by atoms with Gasteiger partial charge < -0.3 is 20.3 Å². The van der Waals surface area contributed by atoms with Gasteiger partial charge in [-0.15, -0.1) is 0 Å². The molecule has 1 saturated carbocycles. The maximum absolute atomic E-state index is 13.3. The summed E-state index contributed by atoms with van der Waals surface area (Å²) in [7, 11) is 0. The van der Waals surface area contributed by atoms with Gasteiger partial charge in [0.05, 0.1) is 16.6 Å². The molecule has 2 amide bonds. The number of carbonyl (C=O) groups excluding carboxylic acids is 2. The van der Waals surface area contributed by atoms with E-state index in [2.05, 4.69) is 20.5 Å². The van der Waals surface area contributed by atoms with Crippen LogP contribution in [0.2, 0.25) is 5.02 Å². The maximum Gasteiger partial charge on any atom is 0.270 e. The van der Waals surface area contributed by atoms with Crippen molar-refractivity contribution in [3.63, 3.8) is 0 Å². The molecule has 1 aromatic heterocycles. The third kappa shape index (κ3) is 5.35. The summed E-state index contributed by atoms with van der Waals surface area (Å²) >= 11 is 6.06. The van der Waals surface area contributed by atoms with E-state index in [1.54, 1.807) is 26.0 Å². The summed E-state index contributed by atoms with van der Waals surface area (Å²) in [6, 6.07) is 6.27. The van der Waals surface area contributed by atoms with E-state index in [0.717, 1.165) is 37.6 Å². The molecule has 2 aromatic rings. The van der Waals surface area contributed by atoms with Crippen LogP contribution >= 0.6 is 11.6 Å². The van der Waals surface area contributed by atoms with E-state index in [9.17, 15) is 22.8 Å². The largest absolute Gasteiger partial charge is 0.476 e. The third-order valence-corrected chi connectivity index (χ3v) is 7.58. The lowest BCUT2D eigenvalue weighted by Gasteiger charge is -2.40. The van der Waals surface area contributed by atoms with Crippen molar-refractivity contribution in [1.82, 2.24) is 15.6 Å². The van der Waals surface area contributed by atoms with E-state index in [1.165, 1.54) is 18.3 Å². The first-order valence-corrected chi connectivity index (χ1v) is 12.7. The average molecular weight is 537 g/mol. The van der Waals surface area contributed by atoms with Gasteiger partial charge in [0.25, 0.3) is 17.7 Å². The molecule has 2 bridgehead atoms. The van der Waals surface area contributed by atoms with Crippen LogP contribution in [0, 0.1) is 5.82 Å². The van der Waals surface area contributed by atoms with Crippen molar-refractivity contribution >= 4 is 29.2 Å². The predicted molar refractivity (Wildman–Crippen MR) is 132 cm³/mol. The van der Waals surface area contributed by atoms with E-state index in [0.29, 0.717) is 0 Å². The minimum absolute atomic E-state index is 0.0573. The summed E-state index contributed by atoms with van der Waals surface area (Å²) in [5.41, 5.74) is -0.982. The first-order valence-electron chi connectivity index (χ1n) is 12.3. The van der Waals surface area contributed by atoms with Gasteiger partial charge in [-0.2, -0.15) is 0 Å². The van der Waals surface area contributed by atoms with Crippen LogP contribution in [0.15, 0.2) is 36.5 Å². The van der Waals surface area contributed by atoms with Gasteiger partial charge in [0.1, 0.15) is 17.4 Å². The molecule has 2 N–H and O–H groups in total. The first-order chi connectivity index (χ1) is 17.4. The molecular formula is C26H28ClF3N4O3. The molecule has 5 rings (SSSR count). The molecule has 2 saturated heterocycles. The van der Waals surface area contributed by atoms with Crippen LogP contribution in [0.25, 0.3) is 0 Å². The second kappa shape index (κ2) is 9.38. The number of ether oxygens (including phenoxy) is 1. The number of nitrogens with zero attached hydrogens (tertiary/aromatic N) is 2. The van der Waals surface area contributed by atoms with Gasteiger partial charge >= 0.3 is 0 Å². The van der Waals surface area contributed by atoms with Crippen molar-refractivity contribution in [3.8, 4) is 5.75 Å². The summed E-state index contributed by atoms with van der Waals surface area (Å²) in [6.45, 7) is 3.27. The molecule has 2 aliphatic heterocycles. The fourth-order valence-electron chi connectivity index (χ4n) is 5.19. The molecule has 3 heterocycles. The molecule has 3 aliphatic rings. The Labute approximate surface area is 217 Å². The zero-order valence-electron chi connectivity index (χ0n) is 20.4. The van der Waals surface area contributed by atoms with Crippen molar-refractivity contribution in [1.29, 1.82) is 0 Å². The zero-order chi connectivity index (χ0) is 26.5. The summed E-state index contributed by atoms with van der Waals surface area (Å²) in [6.07, 6.45) is 4.42. The van der Waals surface area contributed by atoms with Crippen LogP contribution in [0.4, 0.5) is 19.0 Å². The Balaban J connectivity index is 1.18. The number of rotatable bonds is 7. The van der Waals surface area contributed by atoms with Crippen LogP contribution in [-0.4, -0.2) is 52.5 Å². The first kappa shape index (κ1) is 25.6.